The van der Waals surface area contributed by atoms with Crippen molar-refractivity contribution in [1.82, 2.24) is 25.2 Å². The maximum atomic E-state index is 12.0. The van der Waals surface area contributed by atoms with Crippen molar-refractivity contribution in [3.05, 3.63) is 35.7 Å². The monoisotopic (exact) mass is 387 g/mol. The van der Waals surface area contributed by atoms with Gasteiger partial charge in [-0.3, -0.25) is 9.69 Å². The fraction of sp³-hybridized carbons (Fsp3) is 0.667. The van der Waals surface area contributed by atoms with E-state index in [9.17, 15) is 4.79 Å². The number of carbonyl (C=O) groups is 1. The summed E-state index contributed by atoms with van der Waals surface area (Å²) in [6.45, 7) is 9.92. The lowest BCUT2D eigenvalue weighted by atomic mass is 9.85. The van der Waals surface area contributed by atoms with Crippen molar-refractivity contribution in [3.63, 3.8) is 0 Å². The Bertz CT molecular complexity index is 703. The quantitative estimate of drug-likeness (QED) is 0.528. The number of rotatable bonds is 8. The first-order valence-corrected chi connectivity index (χ1v) is 10.4. The molecule has 0 radical (unpaired) electrons. The molecule has 0 unspecified atom stereocenters. The average Bonchev–Trinajstić information content (AvgIpc) is 3.19. The minimum absolute atomic E-state index is 0.0664. The van der Waals surface area contributed by atoms with Gasteiger partial charge in [0, 0.05) is 32.8 Å². The molecule has 1 amide bonds. The van der Waals surface area contributed by atoms with Crippen molar-refractivity contribution in [3.8, 4) is 0 Å². The Morgan fingerprint density at radius 1 is 1.36 bits per heavy atom. The smallest absolute Gasteiger partial charge is 0.273 e. The predicted molar refractivity (Wildman–Crippen MR) is 109 cm³/mol. The summed E-state index contributed by atoms with van der Waals surface area (Å²) >= 11 is 0. The molecule has 7 nitrogen and oxygen atoms in total. The number of aliphatic hydroxyl groups is 1. The number of aliphatic hydroxyl groups excluding tert-OH is 1. The molecule has 154 valence electrons. The molecule has 0 aromatic carbocycles. The number of likely N-dealkylation sites (tertiary alicyclic amines) is 1. The van der Waals surface area contributed by atoms with E-state index in [-0.39, 0.29) is 12.5 Å². The lowest BCUT2D eigenvalue weighted by molar-refractivity contribution is 0.0946. The van der Waals surface area contributed by atoms with E-state index in [0.717, 1.165) is 38.9 Å². The number of carbonyl (C=O) groups excluding carboxylic acids is 1. The van der Waals surface area contributed by atoms with E-state index in [4.69, 9.17) is 5.11 Å². The van der Waals surface area contributed by atoms with Gasteiger partial charge < -0.3 is 10.4 Å². The highest BCUT2D eigenvalue weighted by Gasteiger charge is 2.24. The summed E-state index contributed by atoms with van der Waals surface area (Å²) in [5.74, 6) is 0.436. The molecule has 0 saturated carbocycles. The van der Waals surface area contributed by atoms with Gasteiger partial charge >= 0.3 is 0 Å². The number of piperidine rings is 1. The summed E-state index contributed by atoms with van der Waals surface area (Å²) in [6, 6.07) is 0.302. The van der Waals surface area contributed by atoms with Crippen LogP contribution in [-0.4, -0.2) is 63.7 Å². The Kier molecular flexibility index (Phi) is 7.39. The second-order valence-electron chi connectivity index (χ2n) is 8.10. The number of aromatic nitrogens is 3. The van der Waals surface area contributed by atoms with Gasteiger partial charge in [-0.15, -0.1) is 5.10 Å². The van der Waals surface area contributed by atoms with Crippen LogP contribution < -0.4 is 5.32 Å². The molecule has 1 aliphatic heterocycles. The van der Waals surface area contributed by atoms with Crippen LogP contribution in [0.3, 0.4) is 0 Å². The van der Waals surface area contributed by atoms with Crippen LogP contribution in [0.2, 0.25) is 0 Å². The first-order chi connectivity index (χ1) is 13.6. The Balaban J connectivity index is 1.44. The normalized spacial score (nSPS) is 21.4. The molecule has 0 spiro atoms. The summed E-state index contributed by atoms with van der Waals surface area (Å²) in [7, 11) is 0. The van der Waals surface area contributed by atoms with E-state index in [1.165, 1.54) is 18.4 Å². The highest BCUT2D eigenvalue weighted by Crippen LogP contribution is 2.29. The van der Waals surface area contributed by atoms with E-state index in [1.54, 1.807) is 11.8 Å². The number of amides is 1. The van der Waals surface area contributed by atoms with Gasteiger partial charge in [0.25, 0.3) is 5.91 Å². The number of hydrogen-bond acceptors (Lipinski definition) is 5. The van der Waals surface area contributed by atoms with Crippen LogP contribution in [-0.2, 0) is 0 Å². The number of nitrogens with one attached hydrogen (secondary N) is 1. The van der Waals surface area contributed by atoms with Gasteiger partial charge in [0.15, 0.2) is 5.69 Å². The van der Waals surface area contributed by atoms with Crippen LogP contribution in [0.15, 0.2) is 30.0 Å². The lowest BCUT2D eigenvalue weighted by Gasteiger charge is -2.33. The summed E-state index contributed by atoms with van der Waals surface area (Å²) in [6.07, 6.45) is 10.3. The molecule has 1 fully saturated rings. The molecular formula is C21H33N5O2. The summed E-state index contributed by atoms with van der Waals surface area (Å²) in [5.41, 5.74) is 3.23. The standard InChI is InChI=1S/C21H33N5O2/c1-16(2)18-6-4-17(5-7-18)14-25-11-8-19(9-12-25)26-15-20(23-24-26)21(28)22-10-3-13-27/h4,15,18-19,27H,1,3,5-14H2,2H3,(H,22,28)/t18-/m1/s1. The van der Waals surface area contributed by atoms with E-state index in [0.29, 0.717) is 30.6 Å². The predicted octanol–water partition coefficient (Wildman–Crippen LogP) is 2.33. The molecule has 1 atom stereocenters. The fourth-order valence-corrected chi connectivity index (χ4v) is 4.04. The highest BCUT2D eigenvalue weighted by molar-refractivity contribution is 5.91. The van der Waals surface area contributed by atoms with E-state index in [2.05, 4.69) is 40.1 Å². The lowest BCUT2D eigenvalue weighted by Crippen LogP contribution is -2.36. The zero-order valence-corrected chi connectivity index (χ0v) is 16.9. The highest BCUT2D eigenvalue weighted by atomic mass is 16.3. The Morgan fingerprint density at radius 3 is 2.79 bits per heavy atom. The van der Waals surface area contributed by atoms with Gasteiger partial charge in [0.05, 0.1) is 12.2 Å². The van der Waals surface area contributed by atoms with Crippen molar-refractivity contribution in [2.24, 2.45) is 5.92 Å². The van der Waals surface area contributed by atoms with Crippen LogP contribution in [0.4, 0.5) is 0 Å². The third-order valence-corrected chi connectivity index (χ3v) is 5.92. The van der Waals surface area contributed by atoms with Crippen LogP contribution in [0.5, 0.6) is 0 Å². The van der Waals surface area contributed by atoms with Crippen LogP contribution >= 0.6 is 0 Å². The summed E-state index contributed by atoms with van der Waals surface area (Å²) in [4.78, 5) is 14.6. The van der Waals surface area contributed by atoms with Gasteiger partial charge in [0.2, 0.25) is 0 Å². The van der Waals surface area contributed by atoms with Crippen LogP contribution in [0.25, 0.3) is 0 Å². The van der Waals surface area contributed by atoms with Crippen molar-refractivity contribution >= 4 is 5.91 Å². The minimum Gasteiger partial charge on any atom is -0.396 e. The molecule has 2 aliphatic rings. The van der Waals surface area contributed by atoms with E-state index < -0.39 is 0 Å². The zero-order valence-electron chi connectivity index (χ0n) is 16.9. The molecule has 7 heteroatoms. The molecule has 1 aromatic rings. The Labute approximate surface area is 167 Å². The van der Waals surface area contributed by atoms with Crippen molar-refractivity contribution in [1.29, 1.82) is 0 Å². The van der Waals surface area contributed by atoms with Gasteiger partial charge in [-0.2, -0.15) is 0 Å². The first-order valence-electron chi connectivity index (χ1n) is 10.4. The molecule has 2 N–H and O–H groups in total. The second kappa shape index (κ2) is 9.98. The van der Waals surface area contributed by atoms with Crippen molar-refractivity contribution < 1.29 is 9.90 Å². The Morgan fingerprint density at radius 2 is 2.14 bits per heavy atom. The topological polar surface area (TPSA) is 83.3 Å². The largest absolute Gasteiger partial charge is 0.396 e. The van der Waals surface area contributed by atoms with E-state index in [1.807, 2.05) is 4.68 Å². The van der Waals surface area contributed by atoms with Gasteiger partial charge in [-0.25, -0.2) is 4.68 Å². The SMILES string of the molecule is C=C(C)[C@@H]1CC=C(CN2CCC(n3cc(C(=O)NCCCO)nn3)CC2)CC1. The second-order valence-corrected chi connectivity index (χ2v) is 8.10. The third kappa shape index (κ3) is 5.52. The third-order valence-electron chi connectivity index (χ3n) is 5.92. The van der Waals surface area contributed by atoms with Gasteiger partial charge in [0.1, 0.15) is 0 Å². The Hall–Kier alpha value is -1.99. The number of nitrogens with zero attached hydrogens (tertiary/aromatic N) is 4. The van der Waals surface area contributed by atoms with Crippen LogP contribution in [0, 0.1) is 5.92 Å². The van der Waals surface area contributed by atoms with Gasteiger partial charge in [-0.1, -0.05) is 29.0 Å². The molecule has 0 bridgehead atoms. The van der Waals surface area contributed by atoms with Crippen LogP contribution in [0.1, 0.15) is 62.0 Å². The maximum Gasteiger partial charge on any atom is 0.273 e. The summed E-state index contributed by atoms with van der Waals surface area (Å²) in [5, 5.41) is 19.7. The minimum atomic E-state index is -0.227. The molecule has 1 saturated heterocycles. The molecule has 3 rings (SSSR count). The number of hydrogen-bond donors (Lipinski definition) is 2. The molecule has 2 heterocycles. The molecule has 1 aromatic heterocycles. The average molecular weight is 388 g/mol. The molecule has 1 aliphatic carbocycles. The van der Waals surface area contributed by atoms with Crippen molar-refractivity contribution in [2.45, 2.75) is 51.5 Å². The fourth-order valence-electron chi connectivity index (χ4n) is 4.04. The zero-order chi connectivity index (χ0) is 19.9. The van der Waals surface area contributed by atoms with E-state index >= 15 is 0 Å². The maximum absolute atomic E-state index is 12.0. The molecular weight excluding hydrogens is 354 g/mol. The summed E-state index contributed by atoms with van der Waals surface area (Å²) < 4.78 is 1.84. The first kappa shape index (κ1) is 20.7. The number of allylic oxidation sites excluding steroid dienone is 2. The molecule has 28 heavy (non-hydrogen) atoms. The van der Waals surface area contributed by atoms with Gasteiger partial charge in [-0.05, 0) is 51.4 Å². The van der Waals surface area contributed by atoms with Crippen molar-refractivity contribution in [2.75, 3.05) is 32.8 Å².